The highest BCUT2D eigenvalue weighted by Gasteiger charge is 2.16. The molecule has 3 aromatic rings. The first kappa shape index (κ1) is 21.3. The van der Waals surface area contributed by atoms with E-state index in [4.69, 9.17) is 9.47 Å². The Labute approximate surface area is 177 Å². The predicted octanol–water partition coefficient (Wildman–Crippen LogP) is 5.89. The van der Waals surface area contributed by atoms with E-state index in [1.807, 2.05) is 24.3 Å². The zero-order chi connectivity index (χ0) is 21.9. The molecule has 0 aliphatic carbocycles. The molecule has 0 fully saturated rings. The molecular weight excluding hydrogens is 376 g/mol. The quantitative estimate of drug-likeness (QED) is 0.511. The maximum atomic E-state index is 12.1. The molecule has 154 valence electrons. The molecule has 0 saturated heterocycles. The van der Waals surface area contributed by atoms with Crippen molar-refractivity contribution in [3.63, 3.8) is 0 Å². The third kappa shape index (κ3) is 4.60. The first-order chi connectivity index (χ1) is 14.2. The number of hydrogen-bond donors (Lipinski definition) is 0. The van der Waals surface area contributed by atoms with Crippen molar-refractivity contribution in [1.82, 2.24) is 0 Å². The summed E-state index contributed by atoms with van der Waals surface area (Å²) in [5.74, 6) is -1.01. The minimum absolute atomic E-state index is 0.0962. The van der Waals surface area contributed by atoms with Gasteiger partial charge < -0.3 is 9.47 Å². The number of rotatable bonds is 4. The highest BCUT2D eigenvalue weighted by Crippen LogP contribution is 2.30. The maximum Gasteiger partial charge on any atom is 0.337 e. The van der Waals surface area contributed by atoms with Crippen LogP contribution in [0.1, 0.15) is 47.1 Å². The molecule has 0 amide bonds. The van der Waals surface area contributed by atoms with Gasteiger partial charge in [-0.1, -0.05) is 63.2 Å². The highest BCUT2D eigenvalue weighted by molar-refractivity contribution is 5.97. The fraction of sp³-hybridized carbons (Fsp3) is 0.231. The summed E-state index contributed by atoms with van der Waals surface area (Å²) in [4.78, 5) is 24.2. The van der Waals surface area contributed by atoms with Gasteiger partial charge in [-0.25, -0.2) is 9.59 Å². The summed E-state index contributed by atoms with van der Waals surface area (Å²) in [5.41, 5.74) is 5.76. The fourth-order valence-electron chi connectivity index (χ4n) is 3.31. The SMILES string of the molecule is COC(=O)c1cc(C(=O)OC)cc(-c2cccc(-c3ccc(C(C)(C)C)cc3)c2)c1. The predicted molar refractivity (Wildman–Crippen MR) is 119 cm³/mol. The lowest BCUT2D eigenvalue weighted by molar-refractivity contribution is 0.0599. The van der Waals surface area contributed by atoms with Crippen molar-refractivity contribution in [1.29, 1.82) is 0 Å². The average molecular weight is 402 g/mol. The van der Waals surface area contributed by atoms with Crippen LogP contribution in [0.3, 0.4) is 0 Å². The summed E-state index contributed by atoms with van der Waals surface area (Å²) in [6, 6.07) is 21.5. The van der Waals surface area contributed by atoms with Crippen molar-refractivity contribution < 1.29 is 19.1 Å². The Morgan fingerprint density at radius 2 is 1.13 bits per heavy atom. The largest absolute Gasteiger partial charge is 0.465 e. The molecule has 0 aliphatic heterocycles. The molecule has 0 spiro atoms. The number of methoxy groups -OCH3 is 2. The third-order valence-electron chi connectivity index (χ3n) is 5.06. The molecule has 0 aromatic heterocycles. The van der Waals surface area contributed by atoms with Crippen LogP contribution < -0.4 is 0 Å². The molecule has 0 saturated carbocycles. The lowest BCUT2D eigenvalue weighted by Crippen LogP contribution is -2.10. The number of ether oxygens (including phenoxy) is 2. The molecule has 0 radical (unpaired) electrons. The summed E-state index contributed by atoms with van der Waals surface area (Å²) in [7, 11) is 2.63. The lowest BCUT2D eigenvalue weighted by Gasteiger charge is -2.19. The monoisotopic (exact) mass is 402 g/mol. The van der Waals surface area contributed by atoms with Gasteiger partial charge in [0.1, 0.15) is 0 Å². The Morgan fingerprint density at radius 1 is 0.633 bits per heavy atom. The van der Waals surface area contributed by atoms with Gasteiger partial charge in [-0.2, -0.15) is 0 Å². The summed E-state index contributed by atoms with van der Waals surface area (Å²) >= 11 is 0. The van der Waals surface area contributed by atoms with Gasteiger partial charge in [0.05, 0.1) is 25.3 Å². The third-order valence-corrected chi connectivity index (χ3v) is 5.06. The van der Waals surface area contributed by atoms with Crippen LogP contribution in [0.5, 0.6) is 0 Å². The fourth-order valence-corrected chi connectivity index (χ4v) is 3.31. The van der Waals surface area contributed by atoms with Gasteiger partial charge in [-0.3, -0.25) is 0 Å². The van der Waals surface area contributed by atoms with Crippen molar-refractivity contribution in [2.75, 3.05) is 14.2 Å². The minimum atomic E-state index is -0.504. The van der Waals surface area contributed by atoms with Crippen molar-refractivity contribution in [2.45, 2.75) is 26.2 Å². The minimum Gasteiger partial charge on any atom is -0.465 e. The number of carbonyl (C=O) groups excluding carboxylic acids is 2. The first-order valence-corrected chi connectivity index (χ1v) is 9.76. The van der Waals surface area contributed by atoms with Crippen LogP contribution in [0, 0.1) is 0 Å². The molecule has 3 aromatic carbocycles. The van der Waals surface area contributed by atoms with Gasteiger partial charge in [0.15, 0.2) is 0 Å². The number of carbonyl (C=O) groups is 2. The van der Waals surface area contributed by atoms with Crippen LogP contribution in [0.15, 0.2) is 66.7 Å². The summed E-state index contributed by atoms with van der Waals surface area (Å²) in [6.07, 6.45) is 0. The van der Waals surface area contributed by atoms with Gasteiger partial charge >= 0.3 is 11.9 Å². The standard InChI is InChI=1S/C26H26O4/c1-26(2,3)23-11-9-17(10-12-23)18-7-6-8-19(13-18)20-14-21(24(27)29-4)16-22(15-20)25(28)30-5/h6-16H,1-5H3. The van der Waals surface area contributed by atoms with Crippen LogP contribution in [0.25, 0.3) is 22.3 Å². The molecule has 0 N–H and O–H groups in total. The van der Waals surface area contributed by atoms with E-state index in [0.717, 1.165) is 22.3 Å². The molecule has 30 heavy (non-hydrogen) atoms. The maximum absolute atomic E-state index is 12.1. The van der Waals surface area contributed by atoms with E-state index in [2.05, 4.69) is 45.0 Å². The second-order valence-electron chi connectivity index (χ2n) is 8.19. The topological polar surface area (TPSA) is 52.6 Å². The summed E-state index contributed by atoms with van der Waals surface area (Å²) in [5, 5.41) is 0. The molecule has 0 aliphatic rings. The number of esters is 2. The van der Waals surface area contributed by atoms with Gasteiger partial charge in [0, 0.05) is 0 Å². The smallest absolute Gasteiger partial charge is 0.337 e. The van der Waals surface area contributed by atoms with Gasteiger partial charge in [-0.15, -0.1) is 0 Å². The van der Waals surface area contributed by atoms with Crippen molar-refractivity contribution in [2.24, 2.45) is 0 Å². The Morgan fingerprint density at radius 3 is 1.60 bits per heavy atom. The average Bonchev–Trinajstić information content (AvgIpc) is 2.77. The zero-order valence-corrected chi connectivity index (χ0v) is 18.0. The second kappa shape index (κ2) is 8.54. The van der Waals surface area contributed by atoms with Crippen LogP contribution >= 0.6 is 0 Å². The van der Waals surface area contributed by atoms with E-state index in [1.165, 1.54) is 25.8 Å². The van der Waals surface area contributed by atoms with E-state index in [9.17, 15) is 9.59 Å². The molecule has 0 unspecified atom stereocenters. The molecule has 3 rings (SSSR count). The molecular formula is C26H26O4. The molecule has 4 heteroatoms. The lowest BCUT2D eigenvalue weighted by atomic mass is 9.86. The van der Waals surface area contributed by atoms with Crippen molar-refractivity contribution >= 4 is 11.9 Å². The van der Waals surface area contributed by atoms with Gasteiger partial charge in [0.2, 0.25) is 0 Å². The van der Waals surface area contributed by atoms with Crippen LogP contribution in [0.2, 0.25) is 0 Å². The Hall–Kier alpha value is -3.40. The van der Waals surface area contributed by atoms with E-state index < -0.39 is 11.9 Å². The number of benzene rings is 3. The van der Waals surface area contributed by atoms with Gasteiger partial charge in [0.25, 0.3) is 0 Å². The summed E-state index contributed by atoms with van der Waals surface area (Å²) in [6.45, 7) is 6.57. The first-order valence-electron chi connectivity index (χ1n) is 9.76. The molecule has 4 nitrogen and oxygen atoms in total. The van der Waals surface area contributed by atoms with E-state index in [-0.39, 0.29) is 5.41 Å². The highest BCUT2D eigenvalue weighted by atomic mass is 16.5. The zero-order valence-electron chi connectivity index (χ0n) is 18.0. The molecule has 0 bridgehead atoms. The van der Waals surface area contributed by atoms with Crippen molar-refractivity contribution in [3.05, 3.63) is 83.4 Å². The van der Waals surface area contributed by atoms with E-state index in [0.29, 0.717) is 11.1 Å². The molecule has 0 atom stereocenters. The normalized spacial score (nSPS) is 11.1. The van der Waals surface area contributed by atoms with E-state index >= 15 is 0 Å². The molecule has 0 heterocycles. The van der Waals surface area contributed by atoms with Gasteiger partial charge in [-0.05, 0) is 57.5 Å². The van der Waals surface area contributed by atoms with Crippen LogP contribution in [0.4, 0.5) is 0 Å². The van der Waals surface area contributed by atoms with Crippen LogP contribution in [-0.4, -0.2) is 26.2 Å². The van der Waals surface area contributed by atoms with E-state index in [1.54, 1.807) is 12.1 Å². The number of hydrogen-bond acceptors (Lipinski definition) is 4. The Kier molecular flexibility index (Phi) is 6.06. The Bertz CT molecular complexity index is 1040. The van der Waals surface area contributed by atoms with Crippen molar-refractivity contribution in [3.8, 4) is 22.3 Å². The summed E-state index contributed by atoms with van der Waals surface area (Å²) < 4.78 is 9.67. The second-order valence-corrected chi connectivity index (χ2v) is 8.19. The van der Waals surface area contributed by atoms with Crippen LogP contribution in [-0.2, 0) is 14.9 Å². The Balaban J connectivity index is 2.05.